The van der Waals surface area contributed by atoms with Crippen LogP contribution in [-0.4, -0.2) is 50.1 Å². The van der Waals surface area contributed by atoms with Crippen molar-refractivity contribution in [2.75, 3.05) is 18.8 Å². The Labute approximate surface area is 246 Å². The number of aliphatic hydroxyl groups is 1. The lowest BCUT2D eigenvalue weighted by Crippen LogP contribution is -2.52. The minimum Gasteiger partial charge on any atom is -0.437 e. The average Bonchev–Trinajstić information content (AvgIpc) is 2.97. The molecule has 1 saturated heterocycles. The van der Waals surface area contributed by atoms with Crippen LogP contribution in [0.5, 0.6) is 11.6 Å². The molecule has 0 spiro atoms. The molecule has 42 heavy (non-hydrogen) atoms. The maximum atomic E-state index is 14.3. The van der Waals surface area contributed by atoms with E-state index in [2.05, 4.69) is 4.98 Å². The van der Waals surface area contributed by atoms with E-state index in [1.807, 2.05) is 12.1 Å². The minimum atomic E-state index is -2.82. The molecular formula is C30H30ClF2N5O4. The van der Waals surface area contributed by atoms with Gasteiger partial charge in [0.05, 0.1) is 22.7 Å². The van der Waals surface area contributed by atoms with Crippen LogP contribution in [0.4, 0.5) is 14.5 Å². The standard InChI is InChI=1S/C30H30ClF2N5O4/c31-24-14-21(7-6-20(24)16-34)42-26-25(35)28(40)38(18-36-26)17-29(41)10-12-37(13-11-29)27(39)22-8-9-30(32,33)15-23(22)19-4-2-1-3-5-19/h1-7,14,18,22-23,41H,8-13,15,17,35H2/t22-,23+/m1/s1. The highest BCUT2D eigenvalue weighted by Gasteiger charge is 2.46. The van der Waals surface area contributed by atoms with Crippen LogP contribution in [0, 0.1) is 17.2 Å². The second-order valence-electron chi connectivity index (χ2n) is 11.0. The first kappa shape index (κ1) is 29.5. The van der Waals surface area contributed by atoms with Crippen molar-refractivity contribution in [2.24, 2.45) is 5.92 Å². The molecule has 0 bridgehead atoms. The van der Waals surface area contributed by atoms with Gasteiger partial charge in [-0.25, -0.2) is 13.8 Å². The van der Waals surface area contributed by atoms with Crippen LogP contribution < -0.4 is 16.0 Å². The van der Waals surface area contributed by atoms with Crippen molar-refractivity contribution < 1.29 is 23.4 Å². The Kier molecular flexibility index (Phi) is 8.21. The fraction of sp³-hybridized carbons (Fsp3) is 0.400. The van der Waals surface area contributed by atoms with E-state index >= 15 is 0 Å². The topological polar surface area (TPSA) is 134 Å². The van der Waals surface area contributed by atoms with Gasteiger partial charge in [0.1, 0.15) is 18.1 Å². The first-order valence-corrected chi connectivity index (χ1v) is 14.0. The number of carbonyl (C=O) groups excluding carboxylic acids is 1. The summed E-state index contributed by atoms with van der Waals surface area (Å²) in [7, 11) is 0. The van der Waals surface area contributed by atoms with Crippen molar-refractivity contribution in [3.63, 3.8) is 0 Å². The number of alkyl halides is 2. The number of anilines is 1. The molecule has 3 N–H and O–H groups in total. The molecule has 0 radical (unpaired) electrons. The number of likely N-dealkylation sites (tertiary alicyclic amines) is 1. The summed E-state index contributed by atoms with van der Waals surface area (Å²) in [5.41, 5.74) is 4.80. The highest BCUT2D eigenvalue weighted by Crippen LogP contribution is 2.46. The number of rotatable bonds is 6. The van der Waals surface area contributed by atoms with E-state index in [1.54, 1.807) is 29.2 Å². The Hall–Kier alpha value is -4.01. The molecule has 2 aromatic carbocycles. The van der Waals surface area contributed by atoms with E-state index in [-0.39, 0.29) is 85.5 Å². The summed E-state index contributed by atoms with van der Waals surface area (Å²) >= 11 is 6.03. The molecule has 3 aromatic rings. The van der Waals surface area contributed by atoms with Crippen LogP contribution in [0.15, 0.2) is 59.7 Å². The third-order valence-electron chi connectivity index (χ3n) is 8.15. The molecule has 9 nitrogen and oxygen atoms in total. The summed E-state index contributed by atoms with van der Waals surface area (Å²) in [6.07, 6.45) is 0.981. The number of hydrogen-bond acceptors (Lipinski definition) is 7. The van der Waals surface area contributed by atoms with Crippen LogP contribution >= 0.6 is 11.6 Å². The Morgan fingerprint density at radius 1 is 1.19 bits per heavy atom. The van der Waals surface area contributed by atoms with Gasteiger partial charge < -0.3 is 20.5 Å². The number of nitrogen functional groups attached to an aromatic ring is 1. The SMILES string of the molecule is N#Cc1ccc(Oc2ncn(CC3(O)CCN(C(=O)[C@@H]4CCC(F)(F)C[C@H]4c4ccccc4)CC3)c(=O)c2N)cc1Cl. The summed E-state index contributed by atoms with van der Waals surface area (Å²) in [6.45, 7) is 0.348. The maximum Gasteiger partial charge on any atom is 0.280 e. The molecule has 5 rings (SSSR count). The lowest BCUT2D eigenvalue weighted by atomic mass is 9.73. The third kappa shape index (κ3) is 6.25. The molecule has 12 heteroatoms. The van der Waals surface area contributed by atoms with Crippen molar-refractivity contribution in [1.29, 1.82) is 5.26 Å². The third-order valence-corrected chi connectivity index (χ3v) is 8.47. The van der Waals surface area contributed by atoms with E-state index in [1.165, 1.54) is 29.1 Å². The van der Waals surface area contributed by atoms with Crippen LogP contribution in [0.25, 0.3) is 0 Å². The van der Waals surface area contributed by atoms with Crippen molar-refractivity contribution in [1.82, 2.24) is 14.5 Å². The number of amides is 1. The zero-order valence-corrected chi connectivity index (χ0v) is 23.4. The Bertz CT molecular complexity index is 1570. The molecule has 1 aliphatic carbocycles. The van der Waals surface area contributed by atoms with Crippen LogP contribution in [0.1, 0.15) is 49.1 Å². The van der Waals surface area contributed by atoms with Gasteiger partial charge in [-0.05, 0) is 37.0 Å². The molecule has 2 atom stereocenters. The van der Waals surface area contributed by atoms with Crippen molar-refractivity contribution in [3.05, 3.63) is 81.4 Å². The maximum absolute atomic E-state index is 14.3. The largest absolute Gasteiger partial charge is 0.437 e. The molecule has 220 valence electrons. The Balaban J connectivity index is 1.24. The number of nitrogens with two attached hydrogens (primary N) is 1. The smallest absolute Gasteiger partial charge is 0.280 e. The number of ether oxygens (including phenoxy) is 1. The molecule has 2 aliphatic rings. The fourth-order valence-corrected chi connectivity index (χ4v) is 5.99. The first-order chi connectivity index (χ1) is 20.0. The van der Waals surface area contributed by atoms with Gasteiger partial charge >= 0.3 is 0 Å². The van der Waals surface area contributed by atoms with Crippen LogP contribution in [-0.2, 0) is 11.3 Å². The van der Waals surface area contributed by atoms with Gasteiger partial charge in [0.25, 0.3) is 5.56 Å². The van der Waals surface area contributed by atoms with Gasteiger partial charge in [0.2, 0.25) is 17.7 Å². The summed E-state index contributed by atoms with van der Waals surface area (Å²) in [6, 6.07) is 15.3. The van der Waals surface area contributed by atoms with Crippen LogP contribution in [0.2, 0.25) is 5.02 Å². The van der Waals surface area contributed by atoms with E-state index in [0.29, 0.717) is 0 Å². The van der Waals surface area contributed by atoms with Gasteiger partial charge in [-0.15, -0.1) is 0 Å². The first-order valence-electron chi connectivity index (χ1n) is 13.6. The van der Waals surface area contributed by atoms with Crippen LogP contribution in [0.3, 0.4) is 0 Å². The number of benzene rings is 2. The summed E-state index contributed by atoms with van der Waals surface area (Å²) < 4.78 is 35.5. The van der Waals surface area contributed by atoms with Gasteiger partial charge in [-0.2, -0.15) is 5.26 Å². The Morgan fingerprint density at radius 2 is 1.90 bits per heavy atom. The average molecular weight is 598 g/mol. The molecule has 1 saturated carbocycles. The zero-order valence-electron chi connectivity index (χ0n) is 22.7. The number of piperidine rings is 1. The number of nitrogens with zero attached hydrogens (tertiary/aromatic N) is 4. The molecule has 1 aliphatic heterocycles. The molecule has 1 aromatic heterocycles. The Morgan fingerprint density at radius 3 is 2.57 bits per heavy atom. The summed E-state index contributed by atoms with van der Waals surface area (Å²) in [5, 5.41) is 20.5. The van der Waals surface area contributed by atoms with E-state index in [0.717, 1.165) is 5.56 Å². The van der Waals surface area contributed by atoms with E-state index in [9.17, 15) is 23.5 Å². The number of halogens is 3. The number of hydrogen-bond donors (Lipinski definition) is 2. The summed E-state index contributed by atoms with van der Waals surface area (Å²) in [5.74, 6) is -4.06. The highest BCUT2D eigenvalue weighted by molar-refractivity contribution is 6.31. The molecule has 0 unspecified atom stereocenters. The predicted octanol–water partition coefficient (Wildman–Crippen LogP) is 4.72. The quantitative estimate of drug-likeness (QED) is 0.420. The number of nitriles is 1. The second-order valence-corrected chi connectivity index (χ2v) is 11.4. The lowest BCUT2D eigenvalue weighted by Gasteiger charge is -2.42. The van der Waals surface area contributed by atoms with Crippen molar-refractivity contribution in [3.8, 4) is 17.7 Å². The van der Waals surface area contributed by atoms with E-state index < -0.39 is 28.9 Å². The number of carbonyl (C=O) groups is 1. The van der Waals surface area contributed by atoms with Gasteiger partial charge in [-0.1, -0.05) is 41.9 Å². The van der Waals surface area contributed by atoms with Gasteiger partial charge in [0, 0.05) is 43.8 Å². The van der Waals surface area contributed by atoms with Crippen molar-refractivity contribution >= 4 is 23.2 Å². The molecular weight excluding hydrogens is 568 g/mol. The predicted molar refractivity (Wildman–Crippen MR) is 151 cm³/mol. The fourth-order valence-electron chi connectivity index (χ4n) is 5.78. The van der Waals surface area contributed by atoms with Gasteiger partial charge in [-0.3, -0.25) is 14.2 Å². The minimum absolute atomic E-state index is 0.0929. The van der Waals surface area contributed by atoms with E-state index in [4.69, 9.17) is 27.3 Å². The molecule has 2 heterocycles. The lowest BCUT2D eigenvalue weighted by molar-refractivity contribution is -0.145. The number of aromatic nitrogens is 2. The highest BCUT2D eigenvalue weighted by atomic mass is 35.5. The zero-order chi connectivity index (χ0) is 30.1. The van der Waals surface area contributed by atoms with Gasteiger partial charge in [0.15, 0.2) is 5.69 Å². The van der Waals surface area contributed by atoms with Crippen molar-refractivity contribution in [2.45, 2.75) is 56.1 Å². The normalized spacial score (nSPS) is 21.4. The monoisotopic (exact) mass is 597 g/mol. The summed E-state index contributed by atoms with van der Waals surface area (Å²) in [4.78, 5) is 32.3. The second kappa shape index (κ2) is 11.7. The molecule has 2 fully saturated rings. The molecule has 1 amide bonds.